The van der Waals surface area contributed by atoms with Crippen LogP contribution in [0.3, 0.4) is 0 Å². The van der Waals surface area contributed by atoms with Gasteiger partial charge in [0.15, 0.2) is 0 Å². The van der Waals surface area contributed by atoms with Crippen LogP contribution in [0.4, 0.5) is 11.5 Å². The number of rotatable bonds is 4. The average Bonchev–Trinajstić information content (AvgIpc) is 2.94. The third kappa shape index (κ3) is 2.81. The number of nitrogens with one attached hydrogen (secondary N) is 2. The molecule has 8 heteroatoms. The first-order chi connectivity index (χ1) is 10.1. The zero-order valence-electron chi connectivity index (χ0n) is 11.1. The largest absolute Gasteiger partial charge is 0.373 e. The lowest BCUT2D eigenvalue weighted by Gasteiger charge is -2.09. The lowest BCUT2D eigenvalue weighted by atomic mass is 10.3. The predicted octanol–water partition coefficient (Wildman–Crippen LogP) is 2.53. The van der Waals surface area contributed by atoms with Crippen LogP contribution in [0.25, 0.3) is 10.2 Å². The average molecular weight is 320 g/mol. The summed E-state index contributed by atoms with van der Waals surface area (Å²) in [5.74, 6) is 0.496. The molecule has 6 nitrogen and oxygen atoms in total. The van der Waals surface area contributed by atoms with Gasteiger partial charge in [0.1, 0.15) is 5.82 Å². The highest BCUT2D eigenvalue weighted by Gasteiger charge is 2.15. The van der Waals surface area contributed by atoms with Crippen LogP contribution in [-0.4, -0.2) is 25.4 Å². The van der Waals surface area contributed by atoms with Crippen molar-refractivity contribution in [2.24, 2.45) is 0 Å². The minimum atomic E-state index is -3.64. The van der Waals surface area contributed by atoms with E-state index in [4.69, 9.17) is 0 Å². The quantitative estimate of drug-likeness (QED) is 0.772. The van der Waals surface area contributed by atoms with Crippen molar-refractivity contribution in [3.63, 3.8) is 0 Å². The second kappa shape index (κ2) is 5.30. The number of pyridine rings is 1. The Balaban J connectivity index is 1.94. The van der Waals surface area contributed by atoms with Gasteiger partial charge < -0.3 is 5.32 Å². The van der Waals surface area contributed by atoms with Crippen LogP contribution in [-0.2, 0) is 10.0 Å². The van der Waals surface area contributed by atoms with E-state index in [-0.39, 0.29) is 4.90 Å². The van der Waals surface area contributed by atoms with E-state index in [1.807, 2.05) is 0 Å². The monoisotopic (exact) mass is 320 g/mol. The number of sulfonamides is 1. The lowest BCUT2D eigenvalue weighted by molar-refractivity contribution is 0.601. The van der Waals surface area contributed by atoms with Crippen LogP contribution < -0.4 is 10.0 Å². The molecule has 0 spiro atoms. The highest BCUT2D eigenvalue weighted by molar-refractivity contribution is 7.92. The molecule has 3 aromatic rings. The van der Waals surface area contributed by atoms with Crippen molar-refractivity contribution in [1.29, 1.82) is 0 Å². The van der Waals surface area contributed by atoms with Crippen LogP contribution in [0.5, 0.6) is 0 Å². The Morgan fingerprint density at radius 3 is 2.81 bits per heavy atom. The number of fused-ring (bicyclic) bond motifs is 1. The molecule has 0 aliphatic heterocycles. The number of hydrogen-bond donors (Lipinski definition) is 2. The third-order valence-corrected chi connectivity index (χ3v) is 5.05. The lowest BCUT2D eigenvalue weighted by Crippen LogP contribution is -2.13. The molecule has 0 saturated carbocycles. The first-order valence-electron chi connectivity index (χ1n) is 6.08. The Bertz CT molecular complexity index is 890. The summed E-state index contributed by atoms with van der Waals surface area (Å²) in [7, 11) is -1.96. The first-order valence-corrected chi connectivity index (χ1v) is 8.45. The number of aromatic nitrogens is 2. The van der Waals surface area contributed by atoms with E-state index in [0.29, 0.717) is 11.5 Å². The number of hydrogen-bond acceptors (Lipinski definition) is 6. The summed E-state index contributed by atoms with van der Waals surface area (Å²) in [6.45, 7) is 0. The predicted molar refractivity (Wildman–Crippen MR) is 84.2 cm³/mol. The van der Waals surface area contributed by atoms with Gasteiger partial charge in [-0.1, -0.05) is 0 Å². The van der Waals surface area contributed by atoms with Crippen molar-refractivity contribution >= 4 is 43.1 Å². The first kappa shape index (κ1) is 13.8. The van der Waals surface area contributed by atoms with Gasteiger partial charge in [-0.25, -0.2) is 18.4 Å². The van der Waals surface area contributed by atoms with Crippen molar-refractivity contribution in [3.05, 3.63) is 42.0 Å². The number of thiazole rings is 1. The van der Waals surface area contributed by atoms with Crippen LogP contribution >= 0.6 is 11.3 Å². The van der Waals surface area contributed by atoms with Gasteiger partial charge in [0.25, 0.3) is 10.0 Å². The molecule has 0 fully saturated rings. The molecule has 0 aliphatic carbocycles. The van der Waals surface area contributed by atoms with Gasteiger partial charge in [-0.2, -0.15) is 0 Å². The van der Waals surface area contributed by atoms with Crippen LogP contribution in [0.1, 0.15) is 0 Å². The topological polar surface area (TPSA) is 84.0 Å². The standard InChI is InChI=1S/C13H12N4O2S2/c1-14-13-7-10(4-5-15-13)21(18,19)17-9-2-3-11-12(6-9)20-8-16-11/h2-8,17H,1H3,(H,14,15). The maximum Gasteiger partial charge on any atom is 0.262 e. The molecule has 0 saturated heterocycles. The van der Waals surface area contributed by atoms with Gasteiger partial charge in [0.2, 0.25) is 0 Å². The van der Waals surface area contributed by atoms with E-state index >= 15 is 0 Å². The van der Waals surface area contributed by atoms with Gasteiger partial charge >= 0.3 is 0 Å². The normalized spacial score (nSPS) is 11.5. The fourth-order valence-corrected chi connectivity index (χ4v) is 3.63. The van der Waals surface area contributed by atoms with E-state index in [9.17, 15) is 8.42 Å². The molecule has 0 amide bonds. The molecule has 0 bridgehead atoms. The highest BCUT2D eigenvalue weighted by atomic mass is 32.2. The van der Waals surface area contributed by atoms with Gasteiger partial charge in [-0.05, 0) is 24.3 Å². The Labute approximate surface area is 125 Å². The summed E-state index contributed by atoms with van der Waals surface area (Å²) in [5.41, 5.74) is 3.09. The molecule has 2 N–H and O–H groups in total. The summed E-state index contributed by atoms with van der Waals surface area (Å²) in [6, 6.07) is 8.18. The molecule has 2 heterocycles. The van der Waals surface area contributed by atoms with Gasteiger partial charge in [0.05, 0.1) is 26.3 Å². The fourth-order valence-electron chi connectivity index (χ4n) is 1.85. The molecule has 2 aromatic heterocycles. The van der Waals surface area contributed by atoms with Crippen LogP contribution in [0, 0.1) is 0 Å². The summed E-state index contributed by atoms with van der Waals surface area (Å²) in [4.78, 5) is 8.32. The maximum absolute atomic E-state index is 12.4. The summed E-state index contributed by atoms with van der Waals surface area (Å²) < 4.78 is 28.2. The van der Waals surface area contributed by atoms with Crippen molar-refractivity contribution in [2.45, 2.75) is 4.90 Å². The molecule has 0 aliphatic rings. The minimum Gasteiger partial charge on any atom is -0.373 e. The van der Waals surface area contributed by atoms with E-state index in [1.165, 1.54) is 29.7 Å². The van der Waals surface area contributed by atoms with Crippen molar-refractivity contribution in [1.82, 2.24) is 9.97 Å². The van der Waals surface area contributed by atoms with Crippen LogP contribution in [0.2, 0.25) is 0 Å². The Morgan fingerprint density at radius 1 is 1.14 bits per heavy atom. The van der Waals surface area contributed by atoms with E-state index in [2.05, 4.69) is 20.0 Å². The van der Waals surface area contributed by atoms with E-state index in [0.717, 1.165) is 10.2 Å². The molecule has 1 aromatic carbocycles. The number of nitrogens with zero attached hydrogens (tertiary/aromatic N) is 2. The van der Waals surface area contributed by atoms with Gasteiger partial charge in [-0.3, -0.25) is 4.72 Å². The maximum atomic E-state index is 12.4. The highest BCUT2D eigenvalue weighted by Crippen LogP contribution is 2.24. The van der Waals surface area contributed by atoms with Crippen molar-refractivity contribution in [2.75, 3.05) is 17.1 Å². The Hall–Kier alpha value is -2.19. The van der Waals surface area contributed by atoms with Gasteiger partial charge in [0, 0.05) is 19.3 Å². The van der Waals surface area contributed by atoms with E-state index in [1.54, 1.807) is 30.8 Å². The second-order valence-electron chi connectivity index (χ2n) is 4.27. The second-order valence-corrected chi connectivity index (χ2v) is 6.84. The molecule has 21 heavy (non-hydrogen) atoms. The third-order valence-electron chi connectivity index (χ3n) is 2.88. The summed E-state index contributed by atoms with van der Waals surface area (Å²) in [5, 5.41) is 2.81. The zero-order valence-corrected chi connectivity index (χ0v) is 12.7. The number of benzene rings is 1. The van der Waals surface area contributed by atoms with E-state index < -0.39 is 10.0 Å². The Kier molecular flexibility index (Phi) is 3.48. The van der Waals surface area contributed by atoms with Crippen LogP contribution in [0.15, 0.2) is 46.9 Å². The molecule has 108 valence electrons. The zero-order chi connectivity index (χ0) is 14.9. The molecule has 0 atom stereocenters. The fraction of sp³-hybridized carbons (Fsp3) is 0.0769. The molecule has 0 unspecified atom stereocenters. The van der Waals surface area contributed by atoms with Crippen molar-refractivity contribution in [3.8, 4) is 0 Å². The molecular weight excluding hydrogens is 308 g/mol. The number of anilines is 2. The molecule has 0 radical (unpaired) electrons. The smallest absolute Gasteiger partial charge is 0.262 e. The molecule has 3 rings (SSSR count). The minimum absolute atomic E-state index is 0.159. The van der Waals surface area contributed by atoms with Crippen molar-refractivity contribution < 1.29 is 8.42 Å². The van der Waals surface area contributed by atoms with Gasteiger partial charge in [-0.15, -0.1) is 11.3 Å². The summed E-state index contributed by atoms with van der Waals surface area (Å²) >= 11 is 1.46. The molecular formula is C13H12N4O2S2. The SMILES string of the molecule is CNc1cc(S(=O)(=O)Nc2ccc3ncsc3c2)ccn1. The Morgan fingerprint density at radius 2 is 2.00 bits per heavy atom. The summed E-state index contributed by atoms with van der Waals surface area (Å²) in [6.07, 6.45) is 1.45.